The molecule has 0 aliphatic carbocycles. The van der Waals surface area contributed by atoms with Gasteiger partial charge < -0.3 is 9.64 Å². The molecule has 8 heteroatoms. The van der Waals surface area contributed by atoms with E-state index in [9.17, 15) is 9.18 Å². The van der Waals surface area contributed by atoms with Crippen LogP contribution in [0.4, 0.5) is 4.39 Å². The van der Waals surface area contributed by atoms with Crippen LogP contribution < -0.4 is 4.74 Å². The van der Waals surface area contributed by atoms with Gasteiger partial charge in [-0.2, -0.15) is 0 Å². The molecule has 0 N–H and O–H groups in total. The van der Waals surface area contributed by atoms with Crippen LogP contribution in [0, 0.1) is 5.82 Å². The van der Waals surface area contributed by atoms with Gasteiger partial charge in [-0.15, -0.1) is 22.7 Å². The Bertz CT molecular complexity index is 864. The smallest absolute Gasteiger partial charge is 0.273 e. The average Bonchev–Trinajstić information content (AvgIpc) is 3.24. The van der Waals surface area contributed by atoms with E-state index in [0.717, 1.165) is 9.88 Å². The van der Waals surface area contributed by atoms with Gasteiger partial charge in [-0.1, -0.05) is 11.6 Å². The highest BCUT2D eigenvalue weighted by molar-refractivity contribution is 7.23. The van der Waals surface area contributed by atoms with Crippen molar-refractivity contribution in [2.45, 2.75) is 0 Å². The molecule has 0 spiro atoms. The summed E-state index contributed by atoms with van der Waals surface area (Å²) in [4.78, 5) is 19.3. The minimum atomic E-state index is -0.314. The maximum Gasteiger partial charge on any atom is 0.273 e. The van der Waals surface area contributed by atoms with E-state index in [1.807, 2.05) is 12.1 Å². The Labute approximate surface area is 157 Å². The fourth-order valence-electron chi connectivity index (χ4n) is 2.04. The quantitative estimate of drug-likeness (QED) is 0.600. The normalized spacial score (nSPS) is 10.7. The highest BCUT2D eigenvalue weighted by Gasteiger charge is 2.16. The zero-order valence-corrected chi connectivity index (χ0v) is 15.6. The molecule has 0 aliphatic heterocycles. The van der Waals surface area contributed by atoms with Crippen molar-refractivity contribution in [3.8, 4) is 15.6 Å². The average molecular weight is 397 g/mol. The fraction of sp³-hybridized carbons (Fsp3) is 0.176. The van der Waals surface area contributed by atoms with E-state index in [1.54, 1.807) is 29.5 Å². The molecule has 0 saturated carbocycles. The molecule has 2 heterocycles. The number of aromatic nitrogens is 1. The van der Waals surface area contributed by atoms with E-state index in [0.29, 0.717) is 28.9 Å². The predicted octanol–water partition coefficient (Wildman–Crippen LogP) is 4.82. The molecule has 0 unspecified atom stereocenters. The van der Waals surface area contributed by atoms with Crippen molar-refractivity contribution in [1.82, 2.24) is 9.88 Å². The fourth-order valence-corrected chi connectivity index (χ4v) is 3.95. The third kappa shape index (κ3) is 4.56. The van der Waals surface area contributed by atoms with E-state index in [4.69, 9.17) is 16.3 Å². The van der Waals surface area contributed by atoms with Crippen LogP contribution in [-0.4, -0.2) is 36.0 Å². The van der Waals surface area contributed by atoms with Gasteiger partial charge in [0.15, 0.2) is 0 Å². The highest BCUT2D eigenvalue weighted by Crippen LogP contribution is 2.33. The zero-order chi connectivity index (χ0) is 17.8. The van der Waals surface area contributed by atoms with E-state index in [1.165, 1.54) is 34.8 Å². The largest absolute Gasteiger partial charge is 0.492 e. The van der Waals surface area contributed by atoms with Crippen molar-refractivity contribution in [3.63, 3.8) is 0 Å². The third-order valence-corrected chi connectivity index (χ3v) is 5.61. The van der Waals surface area contributed by atoms with Gasteiger partial charge in [-0.3, -0.25) is 4.79 Å². The summed E-state index contributed by atoms with van der Waals surface area (Å²) < 4.78 is 19.0. The Morgan fingerprint density at radius 3 is 2.72 bits per heavy atom. The van der Waals surface area contributed by atoms with Gasteiger partial charge >= 0.3 is 0 Å². The molecule has 3 aromatic rings. The molecule has 25 heavy (non-hydrogen) atoms. The van der Waals surface area contributed by atoms with Crippen LogP contribution in [0.2, 0.25) is 4.34 Å². The van der Waals surface area contributed by atoms with Crippen molar-refractivity contribution in [1.29, 1.82) is 0 Å². The SMILES string of the molecule is CN(CCOc1ccc(F)cc1)C(=O)c1csc(-c2ccc(Cl)s2)n1. The predicted molar refractivity (Wildman–Crippen MR) is 99.3 cm³/mol. The van der Waals surface area contributed by atoms with Gasteiger partial charge in [-0.25, -0.2) is 9.37 Å². The molecular formula is C17H14ClFN2O2S2. The number of nitrogens with zero attached hydrogens (tertiary/aromatic N) is 2. The van der Waals surface area contributed by atoms with E-state index < -0.39 is 0 Å². The standard InChI is InChI=1S/C17H14ClFN2O2S2/c1-21(8-9-23-12-4-2-11(19)3-5-12)17(22)13-10-24-16(20-13)14-6-7-15(18)25-14/h2-7,10H,8-9H2,1H3. The Hall–Kier alpha value is -1.96. The molecule has 0 atom stereocenters. The first kappa shape index (κ1) is 17.8. The van der Waals surface area contributed by atoms with Crippen molar-refractivity contribution in [3.05, 3.63) is 57.6 Å². The van der Waals surface area contributed by atoms with Crippen LogP contribution in [0.5, 0.6) is 5.75 Å². The number of thiophene rings is 1. The second-order valence-electron chi connectivity index (χ2n) is 5.17. The van der Waals surface area contributed by atoms with Crippen molar-refractivity contribution < 1.29 is 13.9 Å². The number of hydrogen-bond donors (Lipinski definition) is 0. The van der Waals surface area contributed by atoms with Gasteiger partial charge in [0.1, 0.15) is 28.9 Å². The van der Waals surface area contributed by atoms with E-state index in [2.05, 4.69) is 4.98 Å². The topological polar surface area (TPSA) is 42.4 Å². The van der Waals surface area contributed by atoms with Crippen molar-refractivity contribution in [2.24, 2.45) is 0 Å². The van der Waals surface area contributed by atoms with Crippen LogP contribution in [0.15, 0.2) is 41.8 Å². The number of benzene rings is 1. The highest BCUT2D eigenvalue weighted by atomic mass is 35.5. The molecule has 4 nitrogen and oxygen atoms in total. The molecule has 0 aliphatic rings. The number of carbonyl (C=O) groups is 1. The number of hydrogen-bond acceptors (Lipinski definition) is 5. The Morgan fingerprint density at radius 1 is 1.28 bits per heavy atom. The van der Waals surface area contributed by atoms with Gasteiger partial charge in [0.25, 0.3) is 5.91 Å². The lowest BCUT2D eigenvalue weighted by Gasteiger charge is -2.16. The first-order valence-corrected chi connectivity index (χ1v) is 9.45. The summed E-state index contributed by atoms with van der Waals surface area (Å²) in [6, 6.07) is 9.46. The van der Waals surface area contributed by atoms with E-state index >= 15 is 0 Å². The number of amides is 1. The lowest BCUT2D eigenvalue weighted by molar-refractivity contribution is 0.0769. The summed E-state index contributed by atoms with van der Waals surface area (Å²) in [5.74, 6) is 0.0756. The summed E-state index contributed by atoms with van der Waals surface area (Å²) in [5.41, 5.74) is 0.397. The van der Waals surface area contributed by atoms with Crippen LogP contribution in [0.3, 0.4) is 0 Å². The Morgan fingerprint density at radius 2 is 2.04 bits per heavy atom. The van der Waals surface area contributed by atoms with Gasteiger partial charge in [-0.05, 0) is 36.4 Å². The summed E-state index contributed by atoms with van der Waals surface area (Å²) in [6.07, 6.45) is 0. The Kier molecular flexibility index (Phi) is 5.67. The monoisotopic (exact) mass is 396 g/mol. The van der Waals surface area contributed by atoms with Gasteiger partial charge in [0.05, 0.1) is 15.8 Å². The first-order valence-electron chi connectivity index (χ1n) is 7.38. The molecule has 1 aromatic carbocycles. The molecule has 0 bridgehead atoms. The number of likely N-dealkylation sites (N-methyl/N-ethyl adjacent to an activating group) is 1. The molecule has 0 fully saturated rings. The summed E-state index contributed by atoms with van der Waals surface area (Å²) in [7, 11) is 1.69. The number of halogens is 2. The molecule has 1 amide bonds. The van der Waals surface area contributed by atoms with Gasteiger partial charge in [0.2, 0.25) is 0 Å². The number of carbonyl (C=O) groups excluding carboxylic acids is 1. The second kappa shape index (κ2) is 7.95. The molecular weight excluding hydrogens is 383 g/mol. The van der Waals surface area contributed by atoms with Crippen LogP contribution in [-0.2, 0) is 0 Å². The lowest BCUT2D eigenvalue weighted by atomic mass is 10.3. The van der Waals surface area contributed by atoms with Crippen LogP contribution in [0.1, 0.15) is 10.5 Å². The minimum Gasteiger partial charge on any atom is -0.492 e. The number of ether oxygens (including phenoxy) is 1. The number of rotatable bonds is 6. The second-order valence-corrected chi connectivity index (χ2v) is 7.74. The third-order valence-electron chi connectivity index (χ3n) is 3.36. The summed E-state index contributed by atoms with van der Waals surface area (Å²) in [6.45, 7) is 0.708. The van der Waals surface area contributed by atoms with Crippen LogP contribution >= 0.6 is 34.3 Å². The molecule has 2 aromatic heterocycles. The molecule has 0 saturated heterocycles. The van der Waals surface area contributed by atoms with Crippen LogP contribution in [0.25, 0.3) is 9.88 Å². The molecule has 130 valence electrons. The van der Waals surface area contributed by atoms with Gasteiger partial charge in [0, 0.05) is 12.4 Å². The Balaban J connectivity index is 1.55. The maximum atomic E-state index is 12.8. The number of thiazole rings is 1. The van der Waals surface area contributed by atoms with E-state index in [-0.39, 0.29) is 11.7 Å². The maximum absolute atomic E-state index is 12.8. The summed E-state index contributed by atoms with van der Waals surface area (Å²) >= 11 is 8.77. The minimum absolute atomic E-state index is 0.173. The zero-order valence-electron chi connectivity index (χ0n) is 13.2. The first-order chi connectivity index (χ1) is 12.0. The van der Waals surface area contributed by atoms with Crippen molar-refractivity contribution >= 4 is 40.2 Å². The molecule has 3 rings (SSSR count). The molecule has 0 radical (unpaired) electrons. The summed E-state index contributed by atoms with van der Waals surface area (Å²) in [5, 5.41) is 2.51. The van der Waals surface area contributed by atoms with Crippen molar-refractivity contribution in [2.75, 3.05) is 20.2 Å². The lowest BCUT2D eigenvalue weighted by Crippen LogP contribution is -2.31.